The average Bonchev–Trinajstić information content (AvgIpc) is 2.63. The van der Waals surface area contributed by atoms with E-state index in [1.807, 2.05) is 0 Å². The summed E-state index contributed by atoms with van der Waals surface area (Å²) < 4.78 is 6.69. The monoisotopic (exact) mass is 283 g/mol. The first-order valence-corrected chi connectivity index (χ1v) is 5.84. The van der Waals surface area contributed by atoms with Crippen molar-refractivity contribution in [2.45, 2.75) is 24.0 Å². The van der Waals surface area contributed by atoms with Crippen LogP contribution in [0.3, 0.4) is 0 Å². The molecule has 0 saturated carbocycles. The minimum Gasteiger partial charge on any atom is -0.394 e. The van der Waals surface area contributed by atoms with Crippen LogP contribution in [0, 0.1) is 17.1 Å². The van der Waals surface area contributed by atoms with E-state index in [-0.39, 0.29) is 10.6 Å². The maximum absolute atomic E-state index is 10.3. The zero-order valence-electron chi connectivity index (χ0n) is 9.80. The molecule has 2 rings (SSSR count). The highest BCUT2D eigenvalue weighted by atomic mass is 32.1. The zero-order valence-corrected chi connectivity index (χ0v) is 10.6. The molecular formula is C11H13N3O4S. The zero-order chi connectivity index (χ0) is 14.2. The molecule has 1 aliphatic heterocycles. The quantitative estimate of drug-likeness (QED) is 0.398. The van der Waals surface area contributed by atoms with Gasteiger partial charge in [0.15, 0.2) is 11.8 Å². The molecule has 8 heteroatoms. The van der Waals surface area contributed by atoms with Crippen molar-refractivity contribution in [1.29, 1.82) is 0 Å². The molecule has 0 radical (unpaired) electrons. The maximum Gasteiger partial charge on any atom is 0.203 e. The average molecular weight is 283 g/mol. The fraction of sp³-hybridized carbons (Fsp3) is 0.455. The van der Waals surface area contributed by atoms with E-state index in [1.165, 1.54) is 16.8 Å². The molecule has 0 amide bonds. The second-order valence-electron chi connectivity index (χ2n) is 4.17. The van der Waals surface area contributed by atoms with Crippen LogP contribution >= 0.6 is 12.2 Å². The van der Waals surface area contributed by atoms with Crippen molar-refractivity contribution >= 4 is 18.0 Å². The Balaban J connectivity index is 2.49. The van der Waals surface area contributed by atoms with Crippen LogP contribution < -0.4 is 5.73 Å². The Morgan fingerprint density at radius 3 is 2.89 bits per heavy atom. The first kappa shape index (κ1) is 13.9. The molecule has 1 unspecified atom stereocenters. The number of terminal acetylenes is 1. The number of aliphatic hydroxyl groups excluding tert-OH is 2. The molecule has 102 valence electrons. The Morgan fingerprint density at radius 2 is 2.37 bits per heavy atom. The van der Waals surface area contributed by atoms with Crippen LogP contribution in [0.1, 0.15) is 6.23 Å². The predicted molar refractivity (Wildman–Crippen MR) is 68.3 cm³/mol. The van der Waals surface area contributed by atoms with Gasteiger partial charge in [0, 0.05) is 6.20 Å². The molecule has 19 heavy (non-hydrogen) atoms. The number of aliphatic hydroxyl groups is 3. The molecule has 0 spiro atoms. The minimum atomic E-state index is -2.01. The summed E-state index contributed by atoms with van der Waals surface area (Å²) >= 11 is 5.01. The van der Waals surface area contributed by atoms with Crippen molar-refractivity contribution in [1.82, 2.24) is 9.55 Å². The van der Waals surface area contributed by atoms with E-state index in [0.29, 0.717) is 0 Å². The van der Waals surface area contributed by atoms with Gasteiger partial charge in [0.1, 0.15) is 18.0 Å². The molecule has 5 N–H and O–H groups in total. The van der Waals surface area contributed by atoms with E-state index in [9.17, 15) is 10.2 Å². The Morgan fingerprint density at radius 1 is 1.68 bits per heavy atom. The number of nitrogens with zero attached hydrogens (tertiary/aromatic N) is 2. The number of hydrogen-bond donors (Lipinski definition) is 4. The third-order valence-electron chi connectivity index (χ3n) is 3.00. The summed E-state index contributed by atoms with van der Waals surface area (Å²) in [5.74, 6) is 2.30. The highest BCUT2D eigenvalue weighted by molar-refractivity contribution is 7.71. The van der Waals surface area contributed by atoms with E-state index in [1.54, 1.807) is 0 Å². The summed E-state index contributed by atoms with van der Waals surface area (Å²) in [6, 6.07) is 1.45. The van der Waals surface area contributed by atoms with Crippen molar-refractivity contribution in [3.05, 3.63) is 17.0 Å². The van der Waals surface area contributed by atoms with Crippen LogP contribution in [0.4, 0.5) is 5.82 Å². The minimum absolute atomic E-state index is 0.0458. The van der Waals surface area contributed by atoms with E-state index < -0.39 is 30.6 Å². The summed E-state index contributed by atoms with van der Waals surface area (Å²) in [5, 5.41) is 29.4. The second kappa shape index (κ2) is 4.88. The molecule has 7 nitrogen and oxygen atoms in total. The Labute approximate surface area is 114 Å². The third-order valence-corrected chi connectivity index (χ3v) is 3.30. The first-order valence-electron chi connectivity index (χ1n) is 5.43. The Bertz CT molecular complexity index is 584. The van der Waals surface area contributed by atoms with Gasteiger partial charge in [-0.3, -0.25) is 4.57 Å². The van der Waals surface area contributed by atoms with Crippen molar-refractivity contribution in [2.24, 2.45) is 0 Å². The number of ether oxygens (including phenoxy) is 1. The summed E-state index contributed by atoms with van der Waals surface area (Å²) in [7, 11) is 0. The van der Waals surface area contributed by atoms with E-state index >= 15 is 0 Å². The van der Waals surface area contributed by atoms with Gasteiger partial charge in [-0.1, -0.05) is 5.92 Å². The largest absolute Gasteiger partial charge is 0.394 e. The highest BCUT2D eigenvalue weighted by Gasteiger charge is 2.55. The smallest absolute Gasteiger partial charge is 0.203 e. The van der Waals surface area contributed by atoms with E-state index in [2.05, 4.69) is 10.9 Å². The molecular weight excluding hydrogens is 270 g/mol. The molecule has 1 fully saturated rings. The summed E-state index contributed by atoms with van der Waals surface area (Å²) in [6.07, 6.45) is 3.12. The van der Waals surface area contributed by atoms with Gasteiger partial charge >= 0.3 is 0 Å². The van der Waals surface area contributed by atoms with E-state index in [0.717, 1.165) is 0 Å². The van der Waals surface area contributed by atoms with Crippen LogP contribution in [0.5, 0.6) is 0 Å². The lowest BCUT2D eigenvalue weighted by molar-refractivity contribution is -0.0754. The van der Waals surface area contributed by atoms with Gasteiger partial charge in [-0.2, -0.15) is 0 Å². The van der Waals surface area contributed by atoms with E-state index in [4.69, 9.17) is 34.2 Å². The molecule has 1 saturated heterocycles. The van der Waals surface area contributed by atoms with Gasteiger partial charge in [0.2, 0.25) is 4.77 Å². The van der Waals surface area contributed by atoms with Gasteiger partial charge in [-0.15, -0.1) is 6.42 Å². The fourth-order valence-corrected chi connectivity index (χ4v) is 2.22. The lowest BCUT2D eigenvalue weighted by Crippen LogP contribution is -2.45. The molecule has 0 aliphatic carbocycles. The SMILES string of the molecule is C#CC1(O)[C@@H](O)[C@@H](CO)O[C@H]1n1ccc(N)nc1=S. The van der Waals surface area contributed by atoms with Crippen molar-refractivity contribution in [3.63, 3.8) is 0 Å². The molecule has 4 atom stereocenters. The van der Waals surface area contributed by atoms with Gasteiger partial charge in [-0.05, 0) is 18.3 Å². The first-order chi connectivity index (χ1) is 8.93. The lowest BCUT2D eigenvalue weighted by atomic mass is 9.95. The van der Waals surface area contributed by atoms with Crippen LogP contribution in [-0.2, 0) is 4.74 Å². The van der Waals surface area contributed by atoms with Crippen molar-refractivity contribution in [3.8, 4) is 12.3 Å². The lowest BCUT2D eigenvalue weighted by Gasteiger charge is -2.26. The number of nitrogens with two attached hydrogens (primary N) is 1. The molecule has 0 aromatic carbocycles. The van der Waals surface area contributed by atoms with Crippen LogP contribution in [0.15, 0.2) is 12.3 Å². The Kier molecular flexibility index (Phi) is 3.58. The van der Waals surface area contributed by atoms with Gasteiger partial charge in [0.05, 0.1) is 6.61 Å². The summed E-state index contributed by atoms with van der Waals surface area (Å²) in [5.41, 5.74) is 3.47. The molecule has 1 aliphatic rings. The number of nitrogen functional groups attached to an aromatic ring is 1. The third kappa shape index (κ3) is 2.11. The standard InChI is InChI=1S/C11H13N3O4S/c1-2-11(17)8(16)6(5-15)18-9(11)14-4-3-7(12)13-10(14)19/h1,3-4,6,8-9,15-17H,5H2,(H2,12,13,19)/t6-,8+,9-,11?/m1/s1. The predicted octanol–water partition coefficient (Wildman–Crippen LogP) is -1.19. The highest BCUT2D eigenvalue weighted by Crippen LogP contribution is 2.38. The molecule has 1 aromatic heterocycles. The van der Waals surface area contributed by atoms with Gasteiger partial charge in [0.25, 0.3) is 0 Å². The second-order valence-corrected chi connectivity index (χ2v) is 4.53. The molecule has 0 bridgehead atoms. The number of aromatic nitrogens is 2. The number of anilines is 1. The summed E-state index contributed by atoms with van der Waals surface area (Å²) in [4.78, 5) is 3.85. The van der Waals surface area contributed by atoms with Crippen LogP contribution in [-0.4, -0.2) is 49.3 Å². The topological polar surface area (TPSA) is 114 Å². The fourth-order valence-electron chi connectivity index (χ4n) is 1.95. The van der Waals surface area contributed by atoms with Crippen LogP contribution in [0.25, 0.3) is 0 Å². The van der Waals surface area contributed by atoms with Gasteiger partial charge < -0.3 is 25.8 Å². The van der Waals surface area contributed by atoms with Gasteiger partial charge in [-0.25, -0.2) is 4.98 Å². The summed E-state index contributed by atoms with van der Waals surface area (Å²) in [6.45, 7) is -0.489. The Hall–Kier alpha value is -1.50. The molecule has 2 heterocycles. The maximum atomic E-state index is 10.3. The van der Waals surface area contributed by atoms with Crippen molar-refractivity contribution in [2.75, 3.05) is 12.3 Å². The van der Waals surface area contributed by atoms with Crippen molar-refractivity contribution < 1.29 is 20.1 Å². The normalized spacial score (nSPS) is 34.1. The van der Waals surface area contributed by atoms with Crippen LogP contribution in [0.2, 0.25) is 0 Å². The number of hydrogen-bond acceptors (Lipinski definition) is 7. The number of rotatable bonds is 2. The molecule has 1 aromatic rings.